The Labute approximate surface area is 116 Å². The van der Waals surface area contributed by atoms with E-state index in [1.807, 2.05) is 0 Å². The molecule has 2 amide bonds. The van der Waals surface area contributed by atoms with Crippen molar-refractivity contribution in [1.29, 1.82) is 0 Å². The summed E-state index contributed by atoms with van der Waals surface area (Å²) < 4.78 is 4.79. The number of ether oxygens (including phenoxy) is 1. The van der Waals surface area contributed by atoms with Crippen LogP contribution in [0.1, 0.15) is 18.5 Å². The second-order valence-electron chi connectivity index (χ2n) is 4.53. The normalized spacial score (nSPS) is 18.9. The Morgan fingerprint density at radius 3 is 2.75 bits per heavy atom. The lowest BCUT2D eigenvalue weighted by atomic mass is 9.95. The lowest BCUT2D eigenvalue weighted by molar-refractivity contribution is -0.136. The van der Waals surface area contributed by atoms with Crippen LogP contribution in [0.25, 0.3) is 0 Å². The van der Waals surface area contributed by atoms with Crippen molar-refractivity contribution in [3.05, 3.63) is 41.1 Å². The molecular formula is C14H16N2O4. The number of nitrogens with one attached hydrogen (secondary N) is 1. The first-order chi connectivity index (χ1) is 9.45. The molecule has 2 N–H and O–H groups in total. The molecule has 1 aliphatic rings. The Balaban J connectivity index is 2.55. The second kappa shape index (κ2) is 5.24. The number of benzene rings is 1. The Hall–Kier alpha value is -2.50. The Morgan fingerprint density at radius 2 is 2.15 bits per heavy atom. The number of aromatic hydroxyl groups is 1. The highest BCUT2D eigenvalue weighted by molar-refractivity contribution is 5.94. The average molecular weight is 276 g/mol. The van der Waals surface area contributed by atoms with E-state index in [2.05, 4.69) is 5.32 Å². The summed E-state index contributed by atoms with van der Waals surface area (Å²) in [5.41, 5.74) is 1.49. The van der Waals surface area contributed by atoms with E-state index in [-0.39, 0.29) is 11.8 Å². The van der Waals surface area contributed by atoms with Crippen LogP contribution in [0.2, 0.25) is 0 Å². The summed E-state index contributed by atoms with van der Waals surface area (Å²) >= 11 is 0. The second-order valence-corrected chi connectivity index (χ2v) is 4.53. The molecule has 0 radical (unpaired) electrons. The molecule has 0 spiro atoms. The molecule has 0 saturated carbocycles. The van der Waals surface area contributed by atoms with E-state index in [1.165, 1.54) is 24.1 Å². The van der Waals surface area contributed by atoms with Gasteiger partial charge in [-0.1, -0.05) is 12.1 Å². The smallest absolute Gasteiger partial charge is 0.337 e. The molecule has 0 fully saturated rings. The molecule has 1 heterocycles. The molecule has 0 saturated heterocycles. The van der Waals surface area contributed by atoms with Crippen LogP contribution >= 0.6 is 0 Å². The lowest BCUT2D eigenvalue weighted by Gasteiger charge is -2.33. The number of phenols is 1. The van der Waals surface area contributed by atoms with Gasteiger partial charge in [0.2, 0.25) is 0 Å². The number of hydrogen-bond donors (Lipinski definition) is 2. The highest BCUT2D eigenvalue weighted by Gasteiger charge is 2.34. The maximum absolute atomic E-state index is 12.0. The monoisotopic (exact) mass is 276 g/mol. The fourth-order valence-electron chi connectivity index (χ4n) is 2.16. The largest absolute Gasteiger partial charge is 0.508 e. The van der Waals surface area contributed by atoms with Crippen LogP contribution in [-0.2, 0) is 9.53 Å². The molecule has 0 aromatic heterocycles. The summed E-state index contributed by atoms with van der Waals surface area (Å²) in [7, 11) is 2.87. The van der Waals surface area contributed by atoms with Crippen LogP contribution in [0.5, 0.6) is 5.75 Å². The number of carbonyl (C=O) groups is 2. The summed E-state index contributed by atoms with van der Waals surface area (Å²) in [5, 5.41) is 12.3. The number of nitrogens with zero attached hydrogens (tertiary/aromatic N) is 1. The molecular weight excluding hydrogens is 260 g/mol. The molecule has 2 rings (SSSR count). The van der Waals surface area contributed by atoms with Gasteiger partial charge < -0.3 is 20.1 Å². The highest BCUT2D eigenvalue weighted by Crippen LogP contribution is 2.31. The van der Waals surface area contributed by atoms with E-state index in [0.29, 0.717) is 16.8 Å². The molecule has 20 heavy (non-hydrogen) atoms. The van der Waals surface area contributed by atoms with Gasteiger partial charge in [0.1, 0.15) is 5.75 Å². The number of allylic oxidation sites excluding steroid dienone is 1. The summed E-state index contributed by atoms with van der Waals surface area (Å²) in [6.07, 6.45) is 0. The van der Waals surface area contributed by atoms with Gasteiger partial charge in [0.05, 0.1) is 18.7 Å². The van der Waals surface area contributed by atoms with Crippen molar-refractivity contribution in [3.63, 3.8) is 0 Å². The zero-order valence-corrected chi connectivity index (χ0v) is 11.5. The van der Waals surface area contributed by atoms with E-state index in [1.54, 1.807) is 26.1 Å². The van der Waals surface area contributed by atoms with Gasteiger partial charge >= 0.3 is 12.0 Å². The van der Waals surface area contributed by atoms with Crippen molar-refractivity contribution in [1.82, 2.24) is 10.2 Å². The van der Waals surface area contributed by atoms with Crippen molar-refractivity contribution < 1.29 is 19.4 Å². The fourth-order valence-corrected chi connectivity index (χ4v) is 2.16. The summed E-state index contributed by atoms with van der Waals surface area (Å²) in [6, 6.07) is 5.45. The van der Waals surface area contributed by atoms with E-state index in [9.17, 15) is 14.7 Å². The number of hydrogen-bond acceptors (Lipinski definition) is 4. The Morgan fingerprint density at radius 1 is 1.45 bits per heavy atom. The molecule has 1 aliphatic heterocycles. The minimum atomic E-state index is -0.641. The van der Waals surface area contributed by atoms with Crippen LogP contribution in [-0.4, -0.2) is 36.2 Å². The topological polar surface area (TPSA) is 78.9 Å². The first-order valence-corrected chi connectivity index (χ1v) is 6.08. The van der Waals surface area contributed by atoms with Gasteiger partial charge in [-0.05, 0) is 24.6 Å². The fraction of sp³-hybridized carbons (Fsp3) is 0.286. The molecule has 1 atom stereocenters. The Kier molecular flexibility index (Phi) is 3.65. The van der Waals surface area contributed by atoms with E-state index >= 15 is 0 Å². The van der Waals surface area contributed by atoms with Crippen molar-refractivity contribution >= 4 is 12.0 Å². The zero-order chi connectivity index (χ0) is 14.9. The van der Waals surface area contributed by atoms with Crippen LogP contribution in [0.4, 0.5) is 4.79 Å². The number of methoxy groups -OCH3 is 1. The number of amides is 2. The zero-order valence-electron chi connectivity index (χ0n) is 11.5. The average Bonchev–Trinajstić information content (AvgIpc) is 2.43. The standard InChI is InChI=1S/C14H16N2O4/c1-8-11(13(18)20-3)12(15-14(19)16(8)2)9-5-4-6-10(17)7-9/h4-7,12,17H,1-3H3,(H,15,19)/t12-/m0/s1. The Bertz CT molecular complexity index is 595. The van der Waals surface area contributed by atoms with Crippen LogP contribution < -0.4 is 5.32 Å². The number of urea groups is 1. The van der Waals surface area contributed by atoms with Gasteiger partial charge in [-0.2, -0.15) is 0 Å². The van der Waals surface area contributed by atoms with Crippen LogP contribution in [0.3, 0.4) is 0 Å². The lowest BCUT2D eigenvalue weighted by Crippen LogP contribution is -2.46. The minimum absolute atomic E-state index is 0.0672. The number of carbonyl (C=O) groups excluding carboxylic acids is 2. The highest BCUT2D eigenvalue weighted by atomic mass is 16.5. The number of rotatable bonds is 2. The molecule has 6 nitrogen and oxygen atoms in total. The van der Waals surface area contributed by atoms with Gasteiger partial charge in [-0.25, -0.2) is 9.59 Å². The molecule has 106 valence electrons. The van der Waals surface area contributed by atoms with Crippen molar-refractivity contribution in [2.75, 3.05) is 14.2 Å². The first-order valence-electron chi connectivity index (χ1n) is 6.08. The first kappa shape index (κ1) is 13.9. The minimum Gasteiger partial charge on any atom is -0.508 e. The summed E-state index contributed by atoms with van der Waals surface area (Å²) in [5.74, 6) is -0.444. The molecule has 0 aliphatic carbocycles. The van der Waals surface area contributed by atoms with Gasteiger partial charge in [-0.3, -0.25) is 0 Å². The number of phenolic OH excluding ortho intramolecular Hbond substituents is 1. The maximum Gasteiger partial charge on any atom is 0.337 e. The van der Waals surface area contributed by atoms with E-state index in [4.69, 9.17) is 4.74 Å². The predicted molar refractivity (Wildman–Crippen MR) is 71.9 cm³/mol. The third-order valence-electron chi connectivity index (χ3n) is 3.36. The molecule has 0 bridgehead atoms. The summed E-state index contributed by atoms with van der Waals surface area (Å²) in [4.78, 5) is 25.2. The SMILES string of the molecule is COC(=O)C1=C(C)N(C)C(=O)N[C@H]1c1cccc(O)c1. The maximum atomic E-state index is 12.0. The van der Waals surface area contributed by atoms with Crippen LogP contribution in [0, 0.1) is 0 Å². The number of esters is 1. The third kappa shape index (κ3) is 2.32. The molecule has 6 heteroatoms. The van der Waals surface area contributed by atoms with Gasteiger partial charge in [0.15, 0.2) is 0 Å². The van der Waals surface area contributed by atoms with Gasteiger partial charge in [0.25, 0.3) is 0 Å². The molecule has 1 aromatic carbocycles. The van der Waals surface area contributed by atoms with Crippen molar-refractivity contribution in [2.45, 2.75) is 13.0 Å². The van der Waals surface area contributed by atoms with Gasteiger partial charge in [-0.15, -0.1) is 0 Å². The van der Waals surface area contributed by atoms with Crippen molar-refractivity contribution in [2.24, 2.45) is 0 Å². The molecule has 0 unspecified atom stereocenters. The van der Waals surface area contributed by atoms with E-state index < -0.39 is 12.0 Å². The summed E-state index contributed by atoms with van der Waals surface area (Å²) in [6.45, 7) is 1.68. The van der Waals surface area contributed by atoms with Crippen molar-refractivity contribution in [3.8, 4) is 5.75 Å². The quantitative estimate of drug-likeness (QED) is 0.803. The van der Waals surface area contributed by atoms with E-state index in [0.717, 1.165) is 0 Å². The molecule has 1 aromatic rings. The predicted octanol–water partition coefficient (Wildman–Crippen LogP) is 1.54. The van der Waals surface area contributed by atoms with Crippen LogP contribution in [0.15, 0.2) is 35.5 Å². The third-order valence-corrected chi connectivity index (χ3v) is 3.36. The van der Waals surface area contributed by atoms with Gasteiger partial charge in [0, 0.05) is 12.7 Å².